The number of pyridine rings is 1. The van der Waals surface area contributed by atoms with Gasteiger partial charge in [-0.25, -0.2) is 0 Å². The summed E-state index contributed by atoms with van der Waals surface area (Å²) in [6, 6.07) is 6.00. The molecule has 2 unspecified atom stereocenters. The lowest BCUT2D eigenvalue weighted by Crippen LogP contribution is -2.35. The zero-order valence-corrected chi connectivity index (χ0v) is 18.6. The molecule has 2 aliphatic carbocycles. The lowest BCUT2D eigenvalue weighted by Gasteiger charge is -2.31. The fraction of sp³-hybridized carbons (Fsp3) is 0.542. The topological polar surface area (TPSA) is 77.1 Å². The maximum absolute atomic E-state index is 13.5. The average molecular weight is 442 g/mol. The molecule has 3 aromatic rings. The van der Waals surface area contributed by atoms with Gasteiger partial charge < -0.3 is 14.4 Å². The van der Waals surface area contributed by atoms with E-state index in [1.165, 1.54) is 12.8 Å². The average Bonchev–Trinajstić information content (AvgIpc) is 3.38. The van der Waals surface area contributed by atoms with Crippen LogP contribution in [0.4, 0.5) is 0 Å². The van der Waals surface area contributed by atoms with Crippen molar-refractivity contribution in [1.82, 2.24) is 15.0 Å². The van der Waals surface area contributed by atoms with Crippen LogP contribution >= 0.6 is 11.6 Å². The van der Waals surface area contributed by atoms with Gasteiger partial charge in [0, 0.05) is 23.9 Å². The highest BCUT2D eigenvalue weighted by Crippen LogP contribution is 2.38. The molecule has 2 fully saturated rings. The summed E-state index contributed by atoms with van der Waals surface area (Å²) in [6.07, 6.45) is 8.90. The molecule has 0 saturated heterocycles. The first-order valence-corrected chi connectivity index (χ1v) is 11.8. The maximum Gasteiger partial charge on any atom is 0.264 e. The van der Waals surface area contributed by atoms with Gasteiger partial charge in [-0.05, 0) is 57.1 Å². The molecule has 7 heteroatoms. The first-order valence-electron chi connectivity index (χ1n) is 11.4. The summed E-state index contributed by atoms with van der Waals surface area (Å²) in [7, 11) is 0. The monoisotopic (exact) mass is 441 g/mol. The molecule has 2 aromatic heterocycles. The third-order valence-electron chi connectivity index (χ3n) is 7.10. The van der Waals surface area contributed by atoms with E-state index >= 15 is 0 Å². The van der Waals surface area contributed by atoms with Crippen molar-refractivity contribution < 1.29 is 9.32 Å². The van der Waals surface area contributed by atoms with Crippen molar-refractivity contribution >= 4 is 39.3 Å². The zero-order chi connectivity index (χ0) is 21.5. The van der Waals surface area contributed by atoms with E-state index in [1.54, 1.807) is 6.92 Å². The molecule has 0 radical (unpaired) electrons. The summed E-state index contributed by atoms with van der Waals surface area (Å²) in [5.74, 6) is 0.947. The molecule has 164 valence electrons. The Morgan fingerprint density at radius 3 is 2.81 bits per heavy atom. The molecule has 2 atom stereocenters. The molecule has 0 aliphatic heterocycles. The minimum atomic E-state index is -0.0791. The fourth-order valence-electron chi connectivity index (χ4n) is 5.64. The molecule has 31 heavy (non-hydrogen) atoms. The Morgan fingerprint density at radius 2 is 2.00 bits per heavy atom. The fourth-order valence-corrected chi connectivity index (χ4v) is 5.90. The highest BCUT2D eigenvalue weighted by molar-refractivity contribution is 6.37. The van der Waals surface area contributed by atoms with E-state index in [-0.39, 0.29) is 23.4 Å². The number of fused-ring (bicyclic) bond motifs is 3. The van der Waals surface area contributed by atoms with Crippen molar-refractivity contribution in [2.45, 2.75) is 76.8 Å². The summed E-state index contributed by atoms with van der Waals surface area (Å²) in [6.45, 7) is 1.76. The van der Waals surface area contributed by atoms with Crippen LogP contribution in [-0.4, -0.2) is 21.7 Å². The van der Waals surface area contributed by atoms with Crippen LogP contribution in [0.5, 0.6) is 0 Å². The summed E-state index contributed by atoms with van der Waals surface area (Å²) >= 11 is 6.54. The van der Waals surface area contributed by atoms with Crippen LogP contribution in [0.25, 0.3) is 21.8 Å². The summed E-state index contributed by atoms with van der Waals surface area (Å²) in [4.78, 5) is 26.1. The molecule has 0 bridgehead atoms. The molecule has 1 amide bonds. The zero-order valence-electron chi connectivity index (χ0n) is 17.8. The number of rotatable bonds is 4. The predicted molar refractivity (Wildman–Crippen MR) is 122 cm³/mol. The Kier molecular flexibility index (Phi) is 5.51. The number of nitrogens with one attached hydrogen (secondary N) is 1. The van der Waals surface area contributed by atoms with Crippen molar-refractivity contribution in [2.24, 2.45) is 5.92 Å². The van der Waals surface area contributed by atoms with Crippen LogP contribution in [0.3, 0.4) is 0 Å². The van der Waals surface area contributed by atoms with E-state index in [4.69, 9.17) is 16.1 Å². The van der Waals surface area contributed by atoms with E-state index in [2.05, 4.69) is 10.5 Å². The minimum absolute atomic E-state index is 0.0326. The number of amides is 1. The van der Waals surface area contributed by atoms with Crippen molar-refractivity contribution in [3.63, 3.8) is 0 Å². The molecule has 2 saturated carbocycles. The lowest BCUT2D eigenvalue weighted by atomic mass is 9.83. The van der Waals surface area contributed by atoms with Gasteiger partial charge in [0.15, 0.2) is 0 Å². The van der Waals surface area contributed by atoms with E-state index in [0.717, 1.165) is 49.4 Å². The van der Waals surface area contributed by atoms with Gasteiger partial charge >= 0.3 is 0 Å². The molecule has 2 heterocycles. The SMILES string of the molecule is Cc1onc2c1c(=O)n(C1CCCC(CC(=O)NC3CCCC3)C1)c1cccc(Cl)c21. The van der Waals surface area contributed by atoms with Gasteiger partial charge in [0.2, 0.25) is 5.91 Å². The third-order valence-corrected chi connectivity index (χ3v) is 7.41. The van der Waals surface area contributed by atoms with Gasteiger partial charge in [0.05, 0.1) is 10.5 Å². The van der Waals surface area contributed by atoms with Gasteiger partial charge in [0.1, 0.15) is 16.7 Å². The molecule has 0 spiro atoms. The normalized spacial score (nSPS) is 22.4. The van der Waals surface area contributed by atoms with E-state index in [9.17, 15) is 9.59 Å². The van der Waals surface area contributed by atoms with Gasteiger partial charge in [-0.2, -0.15) is 0 Å². The van der Waals surface area contributed by atoms with E-state index in [1.807, 2.05) is 22.8 Å². The Balaban J connectivity index is 1.47. The van der Waals surface area contributed by atoms with E-state index in [0.29, 0.717) is 34.1 Å². The minimum Gasteiger partial charge on any atom is -0.360 e. The number of hydrogen-bond donors (Lipinski definition) is 1. The Bertz CT molecular complexity index is 1190. The quantitative estimate of drug-likeness (QED) is 0.597. The summed E-state index contributed by atoms with van der Waals surface area (Å²) in [5, 5.41) is 9.17. The van der Waals surface area contributed by atoms with Crippen LogP contribution in [0.15, 0.2) is 27.5 Å². The molecule has 2 aliphatic rings. The lowest BCUT2D eigenvalue weighted by molar-refractivity contribution is -0.123. The second kappa shape index (κ2) is 8.30. The largest absolute Gasteiger partial charge is 0.360 e. The second-order valence-electron chi connectivity index (χ2n) is 9.21. The van der Waals surface area contributed by atoms with Crippen LogP contribution < -0.4 is 10.9 Å². The van der Waals surface area contributed by atoms with Crippen molar-refractivity contribution in [2.75, 3.05) is 0 Å². The number of nitrogens with zero attached hydrogens (tertiary/aromatic N) is 2. The summed E-state index contributed by atoms with van der Waals surface area (Å²) in [5.41, 5.74) is 1.24. The van der Waals surface area contributed by atoms with Crippen molar-refractivity contribution in [3.8, 4) is 0 Å². The van der Waals surface area contributed by atoms with Crippen LogP contribution in [-0.2, 0) is 4.79 Å². The molecular weight excluding hydrogens is 414 g/mol. The van der Waals surface area contributed by atoms with Gasteiger partial charge in [-0.15, -0.1) is 0 Å². The van der Waals surface area contributed by atoms with Crippen molar-refractivity contribution in [3.05, 3.63) is 39.3 Å². The number of benzene rings is 1. The highest BCUT2D eigenvalue weighted by Gasteiger charge is 2.29. The number of carbonyl (C=O) groups excluding carboxylic acids is 1. The van der Waals surface area contributed by atoms with Gasteiger partial charge in [0.25, 0.3) is 5.56 Å². The third kappa shape index (κ3) is 3.75. The molecular formula is C24H28ClN3O3. The number of carbonyl (C=O) groups is 1. The maximum atomic E-state index is 13.5. The van der Waals surface area contributed by atoms with Gasteiger partial charge in [-0.1, -0.05) is 42.1 Å². The first-order chi connectivity index (χ1) is 15.0. The smallest absolute Gasteiger partial charge is 0.264 e. The van der Waals surface area contributed by atoms with Crippen LogP contribution in [0, 0.1) is 12.8 Å². The predicted octanol–water partition coefficient (Wildman–Crippen LogP) is 5.28. The first kappa shape index (κ1) is 20.6. The molecule has 1 N–H and O–H groups in total. The Labute approximate surface area is 185 Å². The van der Waals surface area contributed by atoms with Gasteiger partial charge in [-0.3, -0.25) is 9.59 Å². The van der Waals surface area contributed by atoms with Crippen LogP contribution in [0.1, 0.15) is 69.6 Å². The number of aryl methyl sites for hydroxylation is 1. The number of halogens is 1. The Hall–Kier alpha value is -2.34. The highest BCUT2D eigenvalue weighted by atomic mass is 35.5. The second-order valence-corrected chi connectivity index (χ2v) is 9.62. The number of aromatic nitrogens is 2. The van der Waals surface area contributed by atoms with Crippen molar-refractivity contribution in [1.29, 1.82) is 0 Å². The Morgan fingerprint density at radius 1 is 1.19 bits per heavy atom. The van der Waals surface area contributed by atoms with E-state index < -0.39 is 0 Å². The van der Waals surface area contributed by atoms with Crippen LogP contribution in [0.2, 0.25) is 5.02 Å². The molecule has 6 nitrogen and oxygen atoms in total. The number of hydrogen-bond acceptors (Lipinski definition) is 4. The molecule has 5 rings (SSSR count). The molecule has 1 aromatic carbocycles. The summed E-state index contributed by atoms with van der Waals surface area (Å²) < 4.78 is 7.25. The standard InChI is InChI=1S/C24H28ClN3O3/c1-14-21-23(27-31-14)22-18(25)10-5-11-19(22)28(24(21)30)17-9-4-6-15(12-17)13-20(29)26-16-7-2-3-8-16/h5,10-11,15-17H,2-4,6-9,12-13H2,1H3,(H,26,29).